The minimum Gasteiger partial charge on any atom is -0.381 e. The van der Waals surface area contributed by atoms with Gasteiger partial charge in [-0.2, -0.15) is 11.8 Å². The molecule has 3 rings (SSSR count). The van der Waals surface area contributed by atoms with E-state index in [1.807, 2.05) is 0 Å². The Balaban J connectivity index is 1.43. The zero-order chi connectivity index (χ0) is 20.2. The number of aliphatic imine (C=N–C) groups is 1. The third-order valence-corrected chi connectivity index (χ3v) is 7.42. The molecule has 0 bridgehead atoms. The lowest BCUT2D eigenvalue weighted by atomic mass is 9.80. The van der Waals surface area contributed by atoms with Crippen LogP contribution >= 0.6 is 11.8 Å². The second-order valence-corrected chi connectivity index (χ2v) is 9.89. The first kappa shape index (κ1) is 23.2. The molecular weight excluding hydrogens is 384 g/mol. The van der Waals surface area contributed by atoms with Gasteiger partial charge in [-0.3, -0.25) is 9.89 Å². The Labute approximate surface area is 181 Å². The lowest BCUT2D eigenvalue weighted by Crippen LogP contribution is -2.55. The normalized spacial score (nSPS) is 25.8. The number of rotatable bonds is 10. The van der Waals surface area contributed by atoms with Gasteiger partial charge in [-0.15, -0.1) is 0 Å². The quantitative estimate of drug-likeness (QED) is 0.318. The van der Waals surface area contributed by atoms with Crippen molar-refractivity contribution in [3.05, 3.63) is 0 Å². The third kappa shape index (κ3) is 7.60. The number of hydrogen-bond acceptors (Lipinski definition) is 5. The van der Waals surface area contributed by atoms with Crippen LogP contribution in [-0.4, -0.2) is 87.1 Å². The van der Waals surface area contributed by atoms with Crippen LogP contribution < -0.4 is 10.6 Å². The topological polar surface area (TPSA) is 58.1 Å². The van der Waals surface area contributed by atoms with Crippen LogP contribution in [-0.2, 0) is 9.47 Å². The molecule has 2 heterocycles. The van der Waals surface area contributed by atoms with Gasteiger partial charge in [-0.05, 0) is 32.6 Å². The summed E-state index contributed by atoms with van der Waals surface area (Å²) in [7, 11) is 0. The molecule has 0 aromatic rings. The summed E-state index contributed by atoms with van der Waals surface area (Å²) in [5.74, 6) is 4.11. The first-order valence-electron chi connectivity index (χ1n) is 11.8. The van der Waals surface area contributed by atoms with E-state index >= 15 is 0 Å². The summed E-state index contributed by atoms with van der Waals surface area (Å²) in [6, 6.07) is 0. The fourth-order valence-electron chi connectivity index (χ4n) is 4.74. The van der Waals surface area contributed by atoms with Gasteiger partial charge in [0.1, 0.15) is 0 Å². The monoisotopic (exact) mass is 426 g/mol. The molecule has 0 spiro atoms. The molecular formula is C22H42N4O2S. The van der Waals surface area contributed by atoms with E-state index < -0.39 is 0 Å². The zero-order valence-corrected chi connectivity index (χ0v) is 19.2. The molecule has 1 saturated carbocycles. The van der Waals surface area contributed by atoms with Crippen LogP contribution in [0.1, 0.15) is 51.9 Å². The van der Waals surface area contributed by atoms with Crippen molar-refractivity contribution < 1.29 is 9.47 Å². The van der Waals surface area contributed by atoms with E-state index in [4.69, 9.17) is 14.5 Å². The standard InChI is InChI=1S/C22H42N4O2S/c1-2-23-21(24-10-6-13-27-17-20-7-14-28-18-20)25-19-22(8-4-3-5-9-22)26-11-15-29-16-12-26/h20H,2-19H2,1H3,(H2,23,24,25). The summed E-state index contributed by atoms with van der Waals surface area (Å²) in [5.41, 5.74) is 0.286. The molecule has 6 nitrogen and oxygen atoms in total. The van der Waals surface area contributed by atoms with E-state index in [0.29, 0.717) is 5.92 Å². The van der Waals surface area contributed by atoms with Crippen LogP contribution in [0.15, 0.2) is 4.99 Å². The van der Waals surface area contributed by atoms with Crippen molar-refractivity contribution in [3.63, 3.8) is 0 Å². The van der Waals surface area contributed by atoms with Gasteiger partial charge in [0.25, 0.3) is 0 Å². The predicted molar refractivity (Wildman–Crippen MR) is 123 cm³/mol. The average Bonchev–Trinajstić information content (AvgIpc) is 3.29. The molecule has 2 N–H and O–H groups in total. The van der Waals surface area contributed by atoms with E-state index in [1.54, 1.807) is 0 Å². The van der Waals surface area contributed by atoms with Crippen LogP contribution in [0.25, 0.3) is 0 Å². The van der Waals surface area contributed by atoms with Crippen molar-refractivity contribution in [1.82, 2.24) is 15.5 Å². The van der Waals surface area contributed by atoms with Crippen LogP contribution in [0, 0.1) is 5.92 Å². The number of guanidine groups is 1. The summed E-state index contributed by atoms with van der Waals surface area (Å²) in [6.45, 7) is 10.7. The maximum Gasteiger partial charge on any atom is 0.191 e. The molecule has 0 radical (unpaired) electrons. The van der Waals surface area contributed by atoms with Crippen molar-refractivity contribution in [2.75, 3.05) is 70.7 Å². The molecule has 0 aromatic carbocycles. The summed E-state index contributed by atoms with van der Waals surface area (Å²) in [5, 5.41) is 6.96. The number of nitrogens with one attached hydrogen (secondary N) is 2. The van der Waals surface area contributed by atoms with Gasteiger partial charge < -0.3 is 20.1 Å². The van der Waals surface area contributed by atoms with Crippen LogP contribution in [0.2, 0.25) is 0 Å². The average molecular weight is 427 g/mol. The van der Waals surface area contributed by atoms with Crippen molar-refractivity contribution in [2.45, 2.75) is 57.4 Å². The van der Waals surface area contributed by atoms with E-state index in [-0.39, 0.29) is 5.54 Å². The Hall–Kier alpha value is -0.500. The highest BCUT2D eigenvalue weighted by Gasteiger charge is 2.38. The van der Waals surface area contributed by atoms with Crippen LogP contribution in [0.3, 0.4) is 0 Å². The largest absolute Gasteiger partial charge is 0.381 e. The van der Waals surface area contributed by atoms with E-state index in [1.165, 1.54) is 56.7 Å². The van der Waals surface area contributed by atoms with Gasteiger partial charge in [0.05, 0.1) is 19.8 Å². The Kier molecular flexibility index (Phi) is 10.4. The molecule has 0 aromatic heterocycles. The Morgan fingerprint density at radius 2 is 2.03 bits per heavy atom. The number of thioether (sulfide) groups is 1. The molecule has 1 unspecified atom stereocenters. The van der Waals surface area contributed by atoms with Gasteiger partial charge >= 0.3 is 0 Å². The summed E-state index contributed by atoms with van der Waals surface area (Å²) < 4.78 is 11.2. The molecule has 2 aliphatic heterocycles. The van der Waals surface area contributed by atoms with Crippen molar-refractivity contribution in [3.8, 4) is 0 Å². The molecule has 1 aliphatic carbocycles. The first-order valence-corrected chi connectivity index (χ1v) is 13.0. The molecule has 29 heavy (non-hydrogen) atoms. The van der Waals surface area contributed by atoms with E-state index in [2.05, 4.69) is 34.2 Å². The minimum atomic E-state index is 0.286. The Bertz CT molecular complexity index is 473. The van der Waals surface area contributed by atoms with E-state index in [0.717, 1.165) is 64.9 Å². The van der Waals surface area contributed by atoms with Crippen molar-refractivity contribution >= 4 is 17.7 Å². The Morgan fingerprint density at radius 3 is 2.76 bits per heavy atom. The van der Waals surface area contributed by atoms with Gasteiger partial charge in [0.2, 0.25) is 0 Å². The highest BCUT2D eigenvalue weighted by molar-refractivity contribution is 7.99. The molecule has 3 fully saturated rings. The van der Waals surface area contributed by atoms with Gasteiger partial charge in [-0.25, -0.2) is 0 Å². The summed E-state index contributed by atoms with van der Waals surface area (Å²) in [4.78, 5) is 7.81. The number of nitrogens with zero attached hydrogens (tertiary/aromatic N) is 2. The van der Waals surface area contributed by atoms with Crippen LogP contribution in [0.4, 0.5) is 0 Å². The molecule has 0 amide bonds. The van der Waals surface area contributed by atoms with Gasteiger partial charge in [0, 0.05) is 62.4 Å². The highest BCUT2D eigenvalue weighted by atomic mass is 32.2. The summed E-state index contributed by atoms with van der Waals surface area (Å²) >= 11 is 2.10. The second kappa shape index (κ2) is 13.0. The van der Waals surface area contributed by atoms with Crippen LogP contribution in [0.5, 0.6) is 0 Å². The maximum absolute atomic E-state index is 5.82. The molecule has 2 saturated heterocycles. The molecule has 168 valence electrons. The maximum atomic E-state index is 5.82. The fourth-order valence-corrected chi connectivity index (χ4v) is 5.64. The first-order chi connectivity index (χ1) is 14.3. The molecule has 7 heteroatoms. The number of hydrogen-bond donors (Lipinski definition) is 2. The van der Waals surface area contributed by atoms with E-state index in [9.17, 15) is 0 Å². The number of ether oxygens (including phenoxy) is 2. The van der Waals surface area contributed by atoms with Crippen molar-refractivity contribution in [2.24, 2.45) is 10.9 Å². The zero-order valence-electron chi connectivity index (χ0n) is 18.4. The third-order valence-electron chi connectivity index (χ3n) is 6.48. The van der Waals surface area contributed by atoms with Gasteiger partial charge in [0.15, 0.2) is 5.96 Å². The SMILES string of the molecule is CCNC(=NCC1(N2CCSCC2)CCCCC1)NCCCOCC1CCOC1. The lowest BCUT2D eigenvalue weighted by Gasteiger charge is -2.47. The smallest absolute Gasteiger partial charge is 0.191 e. The van der Waals surface area contributed by atoms with Gasteiger partial charge in [-0.1, -0.05) is 19.3 Å². The highest BCUT2D eigenvalue weighted by Crippen LogP contribution is 2.35. The molecule has 3 aliphatic rings. The summed E-state index contributed by atoms with van der Waals surface area (Å²) in [6.07, 6.45) is 8.86. The fraction of sp³-hybridized carbons (Fsp3) is 0.955. The van der Waals surface area contributed by atoms with Crippen molar-refractivity contribution in [1.29, 1.82) is 0 Å². The minimum absolute atomic E-state index is 0.286. The molecule has 1 atom stereocenters. The lowest BCUT2D eigenvalue weighted by molar-refractivity contribution is 0.0671. The second-order valence-electron chi connectivity index (χ2n) is 8.66. The Morgan fingerprint density at radius 1 is 1.21 bits per heavy atom. The predicted octanol–water partition coefficient (Wildman–Crippen LogP) is 2.74.